The third kappa shape index (κ3) is 2.82. The van der Waals surface area contributed by atoms with Crippen molar-refractivity contribution < 1.29 is 18.3 Å². The number of halogens is 2. The number of nitrogens with zero attached hydrogens (tertiary/aromatic N) is 2. The van der Waals surface area contributed by atoms with Gasteiger partial charge in [-0.3, -0.25) is 9.89 Å². The molecule has 0 N–H and O–H groups in total. The minimum absolute atomic E-state index is 0.267. The highest BCUT2D eigenvalue weighted by molar-refractivity contribution is 8.04. The van der Waals surface area contributed by atoms with E-state index in [1.54, 1.807) is 12.3 Å². The first-order chi connectivity index (χ1) is 10.1. The van der Waals surface area contributed by atoms with Crippen LogP contribution in [0.15, 0.2) is 46.6 Å². The van der Waals surface area contributed by atoms with Gasteiger partial charge in [-0.1, -0.05) is 17.8 Å². The van der Waals surface area contributed by atoms with Crippen molar-refractivity contribution in [3.05, 3.63) is 58.8 Å². The molecule has 3 rings (SSSR count). The predicted octanol–water partition coefficient (Wildman–Crippen LogP) is 3.42. The van der Waals surface area contributed by atoms with Crippen LogP contribution in [-0.2, 0) is 11.3 Å². The Morgan fingerprint density at radius 3 is 2.90 bits per heavy atom. The number of thioether (sulfide) groups is 1. The van der Waals surface area contributed by atoms with Crippen LogP contribution in [0.4, 0.5) is 13.6 Å². The molecule has 2 aliphatic heterocycles. The van der Waals surface area contributed by atoms with Crippen LogP contribution < -0.4 is 0 Å². The molecule has 0 atom stereocenters. The number of aliphatic imine (C=N–C) groups is 1. The molecule has 1 aromatic rings. The average molecular weight is 308 g/mol. The van der Waals surface area contributed by atoms with Crippen LogP contribution in [0.2, 0.25) is 0 Å². The first-order valence-electron chi connectivity index (χ1n) is 6.11. The van der Waals surface area contributed by atoms with E-state index in [2.05, 4.69) is 4.99 Å². The van der Waals surface area contributed by atoms with E-state index in [-0.39, 0.29) is 5.56 Å². The van der Waals surface area contributed by atoms with Gasteiger partial charge in [-0.25, -0.2) is 13.6 Å². The summed E-state index contributed by atoms with van der Waals surface area (Å²) in [6.45, 7) is -0.459. The summed E-state index contributed by atoms with van der Waals surface area (Å²) in [7, 11) is 0. The summed E-state index contributed by atoms with van der Waals surface area (Å²) >= 11 is 1.50. The van der Waals surface area contributed by atoms with Crippen LogP contribution in [0.25, 0.3) is 0 Å². The third-order valence-electron chi connectivity index (χ3n) is 2.97. The molecule has 0 radical (unpaired) electrons. The Labute approximate surface area is 123 Å². The molecular weight excluding hydrogens is 298 g/mol. The van der Waals surface area contributed by atoms with Crippen molar-refractivity contribution in [3.8, 4) is 0 Å². The van der Waals surface area contributed by atoms with Gasteiger partial charge in [-0.05, 0) is 18.2 Å². The lowest BCUT2D eigenvalue weighted by Gasteiger charge is -2.18. The van der Waals surface area contributed by atoms with Gasteiger partial charge in [-0.2, -0.15) is 0 Å². The van der Waals surface area contributed by atoms with Gasteiger partial charge in [0.15, 0.2) is 0 Å². The van der Waals surface area contributed by atoms with Crippen molar-refractivity contribution in [2.24, 2.45) is 4.99 Å². The van der Waals surface area contributed by atoms with Crippen molar-refractivity contribution in [2.45, 2.75) is 6.61 Å². The molecule has 0 saturated heterocycles. The maximum absolute atomic E-state index is 13.4. The predicted molar refractivity (Wildman–Crippen MR) is 75.5 cm³/mol. The molecule has 0 fully saturated rings. The number of carbonyl (C=O) groups is 1. The summed E-state index contributed by atoms with van der Waals surface area (Å²) in [6, 6.07) is 3.49. The average Bonchev–Trinajstić information content (AvgIpc) is 2.93. The first kappa shape index (κ1) is 13.8. The van der Waals surface area contributed by atoms with Crippen LogP contribution in [0.3, 0.4) is 0 Å². The van der Waals surface area contributed by atoms with E-state index in [0.29, 0.717) is 5.88 Å². The number of hydrogen-bond acceptors (Lipinski definition) is 4. The monoisotopic (exact) mass is 308 g/mol. The topological polar surface area (TPSA) is 41.9 Å². The molecular formula is C14H10F2N2O2S. The highest BCUT2D eigenvalue weighted by atomic mass is 32.2. The molecule has 1 aromatic carbocycles. The van der Waals surface area contributed by atoms with Gasteiger partial charge in [0.25, 0.3) is 0 Å². The third-order valence-corrected chi connectivity index (χ3v) is 3.85. The molecule has 2 heterocycles. The van der Waals surface area contributed by atoms with E-state index in [4.69, 9.17) is 4.74 Å². The van der Waals surface area contributed by atoms with Crippen LogP contribution >= 0.6 is 11.8 Å². The quantitative estimate of drug-likeness (QED) is 0.840. The zero-order valence-electron chi connectivity index (χ0n) is 10.8. The number of hydrogen-bond donors (Lipinski definition) is 0. The van der Waals surface area contributed by atoms with Crippen LogP contribution in [0, 0.1) is 11.6 Å². The smallest absolute Gasteiger partial charge is 0.418 e. The number of rotatable bonds is 2. The minimum atomic E-state index is -0.740. The molecule has 108 valence electrons. The number of ether oxygens (including phenoxy) is 1. The van der Waals surface area contributed by atoms with Crippen molar-refractivity contribution in [1.29, 1.82) is 0 Å². The van der Waals surface area contributed by atoms with E-state index in [1.165, 1.54) is 28.9 Å². The van der Waals surface area contributed by atoms with Crippen molar-refractivity contribution in [3.63, 3.8) is 0 Å². The van der Waals surface area contributed by atoms with Crippen LogP contribution in [-0.4, -0.2) is 22.6 Å². The lowest BCUT2D eigenvalue weighted by Crippen LogP contribution is -2.24. The fraction of sp³-hybridized carbons (Fsp3) is 0.143. The summed E-state index contributed by atoms with van der Waals surface area (Å²) in [6.07, 6.45) is 4.10. The fourth-order valence-corrected chi connectivity index (χ4v) is 2.69. The van der Waals surface area contributed by atoms with Gasteiger partial charge in [0.05, 0.1) is 22.1 Å². The molecule has 0 bridgehead atoms. The van der Waals surface area contributed by atoms with E-state index < -0.39 is 24.3 Å². The van der Waals surface area contributed by atoms with Gasteiger partial charge >= 0.3 is 6.09 Å². The molecule has 0 spiro atoms. The second kappa shape index (κ2) is 5.69. The van der Waals surface area contributed by atoms with Crippen LogP contribution in [0.5, 0.6) is 0 Å². The molecule has 7 heteroatoms. The maximum atomic E-state index is 13.4. The van der Waals surface area contributed by atoms with Crippen molar-refractivity contribution in [2.75, 3.05) is 5.88 Å². The van der Waals surface area contributed by atoms with Gasteiger partial charge in [-0.15, -0.1) is 0 Å². The van der Waals surface area contributed by atoms with Crippen LogP contribution in [0.1, 0.15) is 5.56 Å². The first-order valence-corrected chi connectivity index (χ1v) is 7.09. The van der Waals surface area contributed by atoms with Gasteiger partial charge < -0.3 is 4.74 Å². The summed E-state index contributed by atoms with van der Waals surface area (Å²) in [5.41, 5.74) is 0.557. The molecule has 1 amide bonds. The highest BCUT2D eigenvalue weighted by Crippen LogP contribution is 2.28. The number of allylic oxidation sites excluding steroid dienone is 2. The zero-order valence-corrected chi connectivity index (χ0v) is 11.6. The molecule has 0 aromatic heterocycles. The van der Waals surface area contributed by atoms with E-state index in [9.17, 15) is 13.6 Å². The molecule has 2 aliphatic rings. The number of benzene rings is 1. The second-order valence-electron chi connectivity index (χ2n) is 4.29. The van der Waals surface area contributed by atoms with Gasteiger partial charge in [0.1, 0.15) is 18.2 Å². The number of fused-ring (bicyclic) bond motifs is 1. The van der Waals surface area contributed by atoms with E-state index in [0.717, 1.165) is 22.7 Å². The summed E-state index contributed by atoms with van der Waals surface area (Å²) in [4.78, 5) is 18.2. The normalized spacial score (nSPS) is 16.4. The number of amides is 1. The Bertz CT molecular complexity index is 665. The van der Waals surface area contributed by atoms with Gasteiger partial charge in [0, 0.05) is 12.4 Å². The fourth-order valence-electron chi connectivity index (χ4n) is 1.87. The number of carbonyl (C=O) groups excluding carboxylic acids is 1. The van der Waals surface area contributed by atoms with E-state index >= 15 is 0 Å². The van der Waals surface area contributed by atoms with Crippen molar-refractivity contribution >= 4 is 23.6 Å². The standard InChI is InChI=1S/C14H10F2N2O2S/c15-10-2-1-3-11(16)9(10)7-20-14(19)18-5-4-12-13(6-18)21-8-17-12/h1-6H,7-8H2. The highest BCUT2D eigenvalue weighted by Gasteiger charge is 2.21. The summed E-state index contributed by atoms with van der Waals surface area (Å²) < 4.78 is 31.8. The summed E-state index contributed by atoms with van der Waals surface area (Å²) in [5.74, 6) is -0.860. The van der Waals surface area contributed by atoms with Crippen molar-refractivity contribution in [1.82, 2.24) is 4.90 Å². The SMILES string of the molecule is O=C(OCc1c(F)cccc1F)N1C=CC2=NCSC2=C1. The lowest BCUT2D eigenvalue weighted by molar-refractivity contribution is 0.119. The molecule has 0 aliphatic carbocycles. The molecule has 21 heavy (non-hydrogen) atoms. The van der Waals surface area contributed by atoms with E-state index in [1.807, 2.05) is 0 Å². The second-order valence-corrected chi connectivity index (χ2v) is 5.27. The molecule has 0 saturated carbocycles. The largest absolute Gasteiger partial charge is 0.444 e. The Morgan fingerprint density at radius 1 is 1.38 bits per heavy atom. The Balaban J connectivity index is 1.67. The molecule has 0 unspecified atom stereocenters. The van der Waals surface area contributed by atoms with Gasteiger partial charge in [0.2, 0.25) is 0 Å². The Kier molecular flexibility index (Phi) is 3.74. The Hall–Kier alpha value is -2.15. The Morgan fingerprint density at radius 2 is 2.14 bits per heavy atom. The molecule has 4 nitrogen and oxygen atoms in total. The zero-order chi connectivity index (χ0) is 14.8. The lowest BCUT2D eigenvalue weighted by atomic mass is 10.2. The maximum Gasteiger partial charge on any atom is 0.418 e. The summed E-state index contributed by atoms with van der Waals surface area (Å²) in [5, 5.41) is 0. The minimum Gasteiger partial charge on any atom is -0.444 e.